The van der Waals surface area contributed by atoms with Gasteiger partial charge >= 0.3 is 6.09 Å². The molecule has 0 saturated carbocycles. The Morgan fingerprint density at radius 1 is 1.41 bits per heavy atom. The highest BCUT2D eigenvalue weighted by molar-refractivity contribution is 6.33. The lowest BCUT2D eigenvalue weighted by Crippen LogP contribution is -2.37. The van der Waals surface area contributed by atoms with Gasteiger partial charge < -0.3 is 14.8 Å². The first-order valence-corrected chi connectivity index (χ1v) is 7.76. The third-order valence-corrected chi connectivity index (χ3v) is 3.32. The van der Waals surface area contributed by atoms with Crippen LogP contribution in [0.2, 0.25) is 10.3 Å². The Morgan fingerprint density at radius 2 is 2.05 bits per heavy atom. The van der Waals surface area contributed by atoms with Crippen LogP contribution in [-0.2, 0) is 11.2 Å². The van der Waals surface area contributed by atoms with E-state index in [0.29, 0.717) is 23.7 Å². The minimum absolute atomic E-state index is 0.0775. The molecular formula is C15H22Cl2N2O3. The molecule has 0 fully saturated rings. The van der Waals surface area contributed by atoms with E-state index in [4.69, 9.17) is 32.7 Å². The molecule has 0 bridgehead atoms. The van der Waals surface area contributed by atoms with Crippen molar-refractivity contribution in [3.05, 3.63) is 21.9 Å². The van der Waals surface area contributed by atoms with E-state index >= 15 is 0 Å². The van der Waals surface area contributed by atoms with E-state index in [0.717, 1.165) is 5.56 Å². The van der Waals surface area contributed by atoms with E-state index < -0.39 is 11.7 Å². The van der Waals surface area contributed by atoms with E-state index in [2.05, 4.69) is 10.3 Å². The smallest absolute Gasteiger partial charge is 0.407 e. The third kappa shape index (κ3) is 6.28. The Bertz CT molecular complexity index is 530. The van der Waals surface area contributed by atoms with E-state index in [9.17, 15) is 4.79 Å². The van der Waals surface area contributed by atoms with Gasteiger partial charge in [0, 0.05) is 17.7 Å². The number of nitrogens with zero attached hydrogens (tertiary/aromatic N) is 1. The first-order valence-electron chi connectivity index (χ1n) is 7.01. The molecule has 1 aromatic rings. The second-order valence-electron chi connectivity index (χ2n) is 6.00. The van der Waals surface area contributed by atoms with Crippen LogP contribution in [0.15, 0.2) is 6.07 Å². The lowest BCUT2D eigenvalue weighted by Gasteiger charge is -2.22. The number of alkyl carbamates (subject to hydrolysis) is 1. The van der Waals surface area contributed by atoms with Crippen LogP contribution in [-0.4, -0.2) is 29.8 Å². The Balaban J connectivity index is 2.61. The number of hydrogen-bond acceptors (Lipinski definition) is 4. The lowest BCUT2D eigenvalue weighted by molar-refractivity contribution is 0.0506. The zero-order valence-corrected chi connectivity index (χ0v) is 15.0. The minimum atomic E-state index is -0.517. The number of amides is 1. The molecule has 124 valence electrons. The van der Waals surface area contributed by atoms with Crippen LogP contribution in [0.5, 0.6) is 5.75 Å². The molecule has 0 saturated heterocycles. The highest BCUT2D eigenvalue weighted by Crippen LogP contribution is 2.29. The molecule has 0 radical (unpaired) electrons. The zero-order valence-electron chi connectivity index (χ0n) is 13.5. The van der Waals surface area contributed by atoms with Gasteiger partial charge in [-0.25, -0.2) is 9.78 Å². The maximum Gasteiger partial charge on any atom is 0.407 e. The summed E-state index contributed by atoms with van der Waals surface area (Å²) < 4.78 is 10.5. The van der Waals surface area contributed by atoms with Crippen molar-refractivity contribution in [2.75, 3.05) is 7.11 Å². The fourth-order valence-electron chi connectivity index (χ4n) is 1.84. The standard InChI is InChI=1S/C15H22Cl2N2O3/c1-9(18-14(20)22-15(2,3)4)6-7-10-11(21-5)8-12(16)19-13(10)17/h8-9H,6-7H2,1-5H3,(H,18,20). The number of halogens is 2. The molecule has 1 aromatic heterocycles. The summed E-state index contributed by atoms with van der Waals surface area (Å²) in [5.41, 5.74) is 0.252. The topological polar surface area (TPSA) is 60.5 Å². The predicted molar refractivity (Wildman–Crippen MR) is 88.0 cm³/mol. The van der Waals surface area contributed by atoms with Crippen molar-refractivity contribution in [2.45, 2.75) is 52.2 Å². The second-order valence-corrected chi connectivity index (χ2v) is 6.75. The molecular weight excluding hydrogens is 327 g/mol. The highest BCUT2D eigenvalue weighted by Gasteiger charge is 2.18. The molecule has 1 amide bonds. The number of aromatic nitrogens is 1. The van der Waals surface area contributed by atoms with Crippen molar-refractivity contribution >= 4 is 29.3 Å². The van der Waals surface area contributed by atoms with Gasteiger partial charge in [0.05, 0.1) is 7.11 Å². The van der Waals surface area contributed by atoms with Crippen LogP contribution in [0.1, 0.15) is 39.7 Å². The average Bonchev–Trinajstić information content (AvgIpc) is 2.34. The van der Waals surface area contributed by atoms with Crippen molar-refractivity contribution in [3.8, 4) is 5.75 Å². The molecule has 1 rings (SSSR count). The molecule has 7 heteroatoms. The number of methoxy groups -OCH3 is 1. The molecule has 0 spiro atoms. The number of rotatable bonds is 5. The SMILES string of the molecule is COc1cc(Cl)nc(Cl)c1CCC(C)NC(=O)OC(C)(C)C. The number of ether oxygens (including phenoxy) is 2. The summed E-state index contributed by atoms with van der Waals surface area (Å²) in [7, 11) is 1.55. The molecule has 22 heavy (non-hydrogen) atoms. The van der Waals surface area contributed by atoms with Crippen molar-refractivity contribution in [3.63, 3.8) is 0 Å². The first kappa shape index (κ1) is 18.8. The summed E-state index contributed by atoms with van der Waals surface area (Å²) in [5, 5.41) is 3.38. The molecule has 1 atom stereocenters. The van der Waals surface area contributed by atoms with Crippen LogP contribution >= 0.6 is 23.2 Å². The monoisotopic (exact) mass is 348 g/mol. The van der Waals surface area contributed by atoms with Gasteiger partial charge in [-0.3, -0.25) is 0 Å². The second kappa shape index (κ2) is 7.88. The van der Waals surface area contributed by atoms with Crippen molar-refractivity contribution in [2.24, 2.45) is 0 Å². The number of carbonyl (C=O) groups is 1. The molecule has 5 nitrogen and oxygen atoms in total. The predicted octanol–water partition coefficient (Wildman–Crippen LogP) is 4.24. The summed E-state index contributed by atoms with van der Waals surface area (Å²) in [5.74, 6) is 0.592. The van der Waals surface area contributed by atoms with Crippen LogP contribution < -0.4 is 10.1 Å². The van der Waals surface area contributed by atoms with Crippen molar-refractivity contribution < 1.29 is 14.3 Å². The van der Waals surface area contributed by atoms with Gasteiger partial charge in [-0.1, -0.05) is 23.2 Å². The Labute approximate surface area is 141 Å². The Morgan fingerprint density at radius 3 is 2.59 bits per heavy atom. The first-order chi connectivity index (χ1) is 10.1. The van der Waals surface area contributed by atoms with E-state index in [1.165, 1.54) is 0 Å². The summed E-state index contributed by atoms with van der Waals surface area (Å²) in [6.45, 7) is 7.36. The molecule has 1 heterocycles. The van der Waals surface area contributed by atoms with E-state index in [-0.39, 0.29) is 11.2 Å². The van der Waals surface area contributed by atoms with Crippen LogP contribution in [0.3, 0.4) is 0 Å². The van der Waals surface area contributed by atoms with E-state index in [1.54, 1.807) is 13.2 Å². The maximum atomic E-state index is 11.7. The summed E-state index contributed by atoms with van der Waals surface area (Å²) in [4.78, 5) is 15.7. The molecule has 0 aliphatic heterocycles. The van der Waals surface area contributed by atoms with E-state index in [1.807, 2.05) is 27.7 Å². The van der Waals surface area contributed by atoms with Crippen LogP contribution in [0.25, 0.3) is 0 Å². The molecule has 1 unspecified atom stereocenters. The number of carbonyl (C=O) groups excluding carboxylic acids is 1. The maximum absolute atomic E-state index is 11.7. The summed E-state index contributed by atoms with van der Waals surface area (Å²) >= 11 is 11.9. The van der Waals surface area contributed by atoms with Gasteiger partial charge in [0.15, 0.2) is 0 Å². The number of hydrogen-bond donors (Lipinski definition) is 1. The van der Waals surface area contributed by atoms with Gasteiger partial charge in [-0.15, -0.1) is 0 Å². The normalized spacial score (nSPS) is 12.7. The molecule has 1 N–H and O–H groups in total. The fourth-order valence-corrected chi connectivity index (χ4v) is 2.35. The molecule has 0 aromatic carbocycles. The number of nitrogens with one attached hydrogen (secondary N) is 1. The highest BCUT2D eigenvalue weighted by atomic mass is 35.5. The van der Waals surface area contributed by atoms with Gasteiger partial charge in [0.1, 0.15) is 21.7 Å². The van der Waals surface area contributed by atoms with Gasteiger partial charge in [-0.2, -0.15) is 0 Å². The zero-order chi connectivity index (χ0) is 16.9. The fraction of sp³-hybridized carbons (Fsp3) is 0.600. The Hall–Kier alpha value is -1.20. The van der Waals surface area contributed by atoms with Crippen molar-refractivity contribution in [1.29, 1.82) is 0 Å². The number of pyridine rings is 1. The third-order valence-electron chi connectivity index (χ3n) is 2.81. The van der Waals surface area contributed by atoms with Gasteiger partial charge in [0.2, 0.25) is 0 Å². The minimum Gasteiger partial charge on any atom is -0.496 e. The lowest BCUT2D eigenvalue weighted by atomic mass is 10.1. The summed E-state index contributed by atoms with van der Waals surface area (Å²) in [6, 6.07) is 1.54. The molecule has 0 aliphatic rings. The van der Waals surface area contributed by atoms with Crippen LogP contribution in [0, 0.1) is 0 Å². The van der Waals surface area contributed by atoms with Crippen LogP contribution in [0.4, 0.5) is 4.79 Å². The van der Waals surface area contributed by atoms with Crippen molar-refractivity contribution in [1.82, 2.24) is 10.3 Å². The quantitative estimate of drug-likeness (QED) is 0.808. The molecule has 0 aliphatic carbocycles. The van der Waals surface area contributed by atoms with Gasteiger partial charge in [0.25, 0.3) is 0 Å². The average molecular weight is 349 g/mol. The largest absolute Gasteiger partial charge is 0.496 e. The summed E-state index contributed by atoms with van der Waals surface area (Å²) in [6.07, 6.45) is 0.828. The van der Waals surface area contributed by atoms with Gasteiger partial charge in [-0.05, 0) is 40.5 Å². The Kier molecular flexibility index (Phi) is 6.75.